The summed E-state index contributed by atoms with van der Waals surface area (Å²) in [5.41, 5.74) is 2.61. The van der Waals surface area contributed by atoms with Crippen molar-refractivity contribution in [3.63, 3.8) is 0 Å². The number of ether oxygens (including phenoxy) is 1. The lowest BCUT2D eigenvalue weighted by Gasteiger charge is -2.05. The summed E-state index contributed by atoms with van der Waals surface area (Å²) in [5.74, 6) is 0.0365. The summed E-state index contributed by atoms with van der Waals surface area (Å²) < 4.78 is 11.2. The van der Waals surface area contributed by atoms with Gasteiger partial charge in [0, 0.05) is 5.57 Å². The van der Waals surface area contributed by atoms with Gasteiger partial charge in [0.1, 0.15) is 17.9 Å². The topological polar surface area (TPSA) is 72.6 Å². The first kappa shape index (κ1) is 16.5. The summed E-state index contributed by atoms with van der Waals surface area (Å²) in [4.78, 5) is 15.6. The summed E-state index contributed by atoms with van der Waals surface area (Å²) >= 11 is 0. The van der Waals surface area contributed by atoms with Crippen LogP contribution in [0.1, 0.15) is 17.9 Å². The van der Waals surface area contributed by atoms with E-state index in [2.05, 4.69) is 11.6 Å². The number of aromatic nitrogens is 1. The molecule has 0 unspecified atom stereocenters. The first-order valence-corrected chi connectivity index (χ1v) is 7.78. The Morgan fingerprint density at radius 2 is 2.08 bits per heavy atom. The monoisotopic (exact) mass is 335 g/mol. The van der Waals surface area contributed by atoms with Crippen molar-refractivity contribution in [2.75, 3.05) is 6.61 Å². The Bertz CT molecular complexity index is 907. The largest absolute Gasteiger partial charge is 0.490 e. The molecule has 0 saturated heterocycles. The first-order valence-electron chi connectivity index (χ1n) is 7.78. The molecule has 1 aromatic heterocycles. The smallest absolute Gasteiger partial charge is 0.308 e. The van der Waals surface area contributed by atoms with Crippen LogP contribution in [-0.2, 0) is 4.79 Å². The lowest BCUT2D eigenvalue weighted by atomic mass is 10.1. The van der Waals surface area contributed by atoms with Gasteiger partial charge < -0.3 is 14.3 Å². The average Bonchev–Trinajstić information content (AvgIpc) is 3.03. The Morgan fingerprint density at radius 1 is 1.24 bits per heavy atom. The molecule has 1 heterocycles. The minimum Gasteiger partial charge on any atom is -0.490 e. The number of carboxylic acids is 1. The zero-order valence-corrected chi connectivity index (χ0v) is 13.5. The predicted octanol–water partition coefficient (Wildman–Crippen LogP) is 4.41. The van der Waals surface area contributed by atoms with E-state index >= 15 is 0 Å². The summed E-state index contributed by atoms with van der Waals surface area (Å²) in [6.07, 6.45) is 3.22. The van der Waals surface area contributed by atoms with Crippen LogP contribution < -0.4 is 4.74 Å². The quantitative estimate of drug-likeness (QED) is 0.648. The fourth-order valence-corrected chi connectivity index (χ4v) is 2.41. The van der Waals surface area contributed by atoms with E-state index in [1.807, 2.05) is 42.5 Å². The standard InChI is InChI=1S/C20H17NO4/c1-2-10-24-16-7-5-6-14(12-16)11-15(13-19(22)23)20-21-17-8-3-4-9-18(17)25-20/h2-9,11-12H,1,10,13H2,(H,22,23)/b15-11+. The van der Waals surface area contributed by atoms with Crippen LogP contribution in [0.3, 0.4) is 0 Å². The normalized spacial score (nSPS) is 11.4. The third kappa shape index (κ3) is 4.14. The van der Waals surface area contributed by atoms with E-state index in [-0.39, 0.29) is 6.42 Å². The highest BCUT2D eigenvalue weighted by atomic mass is 16.5. The molecule has 126 valence electrons. The van der Waals surface area contributed by atoms with E-state index < -0.39 is 5.97 Å². The fraction of sp³-hybridized carbons (Fsp3) is 0.100. The number of carboxylic acid groups (broad SMARTS) is 1. The van der Waals surface area contributed by atoms with Crippen LogP contribution >= 0.6 is 0 Å². The van der Waals surface area contributed by atoms with Crippen molar-refractivity contribution in [3.05, 3.63) is 72.6 Å². The molecule has 0 atom stereocenters. The van der Waals surface area contributed by atoms with Crippen LogP contribution in [-0.4, -0.2) is 22.7 Å². The van der Waals surface area contributed by atoms with Crippen LogP contribution in [0.5, 0.6) is 5.75 Å². The molecule has 0 aliphatic carbocycles. The Hall–Kier alpha value is -3.34. The van der Waals surface area contributed by atoms with E-state index in [4.69, 9.17) is 9.15 Å². The number of rotatable bonds is 7. The van der Waals surface area contributed by atoms with Gasteiger partial charge >= 0.3 is 5.97 Å². The molecule has 0 aliphatic rings. The predicted molar refractivity (Wildman–Crippen MR) is 96.3 cm³/mol. The van der Waals surface area contributed by atoms with Crippen LogP contribution in [0.15, 0.2) is 65.6 Å². The van der Waals surface area contributed by atoms with Crippen molar-refractivity contribution in [1.82, 2.24) is 4.98 Å². The van der Waals surface area contributed by atoms with Crippen molar-refractivity contribution in [2.24, 2.45) is 0 Å². The Morgan fingerprint density at radius 3 is 2.84 bits per heavy atom. The fourth-order valence-electron chi connectivity index (χ4n) is 2.41. The Labute approximate surface area is 144 Å². The molecule has 5 heteroatoms. The van der Waals surface area contributed by atoms with Crippen molar-refractivity contribution in [2.45, 2.75) is 6.42 Å². The average molecular weight is 335 g/mol. The molecular formula is C20H17NO4. The molecule has 25 heavy (non-hydrogen) atoms. The molecule has 0 bridgehead atoms. The van der Waals surface area contributed by atoms with Crippen LogP contribution in [0.25, 0.3) is 22.7 Å². The van der Waals surface area contributed by atoms with Gasteiger partial charge in [-0.2, -0.15) is 0 Å². The third-order valence-electron chi connectivity index (χ3n) is 3.48. The van der Waals surface area contributed by atoms with Crippen molar-refractivity contribution >= 4 is 28.7 Å². The zero-order valence-electron chi connectivity index (χ0n) is 13.5. The Balaban J connectivity index is 1.98. The van der Waals surface area contributed by atoms with Crippen molar-refractivity contribution < 1.29 is 19.1 Å². The molecule has 0 aliphatic heterocycles. The number of benzene rings is 2. The molecule has 3 aromatic rings. The highest BCUT2D eigenvalue weighted by molar-refractivity contribution is 5.91. The van der Waals surface area contributed by atoms with Gasteiger partial charge in [0.25, 0.3) is 0 Å². The maximum absolute atomic E-state index is 11.3. The van der Waals surface area contributed by atoms with Crippen LogP contribution in [0.2, 0.25) is 0 Å². The molecule has 0 amide bonds. The maximum atomic E-state index is 11.3. The first-order chi connectivity index (χ1) is 12.2. The molecule has 3 rings (SSSR count). The minimum absolute atomic E-state index is 0.190. The second kappa shape index (κ2) is 7.49. The van der Waals surface area contributed by atoms with Gasteiger partial charge in [-0.1, -0.05) is 36.9 Å². The van der Waals surface area contributed by atoms with Crippen molar-refractivity contribution in [1.29, 1.82) is 0 Å². The highest BCUT2D eigenvalue weighted by Gasteiger charge is 2.14. The SMILES string of the molecule is C=CCOc1cccc(/C=C(\CC(=O)O)c2nc3ccccc3o2)c1. The molecular weight excluding hydrogens is 318 g/mol. The van der Waals surface area contributed by atoms with Crippen molar-refractivity contribution in [3.8, 4) is 5.75 Å². The summed E-state index contributed by atoms with van der Waals surface area (Å²) in [7, 11) is 0. The molecule has 0 saturated carbocycles. The third-order valence-corrected chi connectivity index (χ3v) is 3.48. The van der Waals surface area contributed by atoms with E-state index in [1.54, 1.807) is 18.2 Å². The van der Waals surface area contributed by atoms with Gasteiger partial charge in [0.15, 0.2) is 5.58 Å². The minimum atomic E-state index is -0.951. The number of hydrogen-bond acceptors (Lipinski definition) is 4. The number of oxazole rings is 1. The van der Waals surface area contributed by atoms with Gasteiger partial charge in [-0.3, -0.25) is 4.79 Å². The number of fused-ring (bicyclic) bond motifs is 1. The van der Waals surface area contributed by atoms with E-state index in [0.717, 1.165) is 5.56 Å². The van der Waals surface area contributed by atoms with Gasteiger partial charge in [-0.25, -0.2) is 4.98 Å². The summed E-state index contributed by atoms with van der Waals surface area (Å²) in [6, 6.07) is 14.7. The molecule has 1 N–H and O–H groups in total. The maximum Gasteiger partial charge on any atom is 0.308 e. The van der Waals surface area contributed by atoms with Gasteiger partial charge in [-0.15, -0.1) is 0 Å². The second-order valence-corrected chi connectivity index (χ2v) is 5.40. The number of para-hydroxylation sites is 2. The number of hydrogen-bond donors (Lipinski definition) is 1. The van der Waals surface area contributed by atoms with Crippen LogP contribution in [0, 0.1) is 0 Å². The summed E-state index contributed by atoms with van der Waals surface area (Å²) in [5, 5.41) is 9.22. The zero-order chi connectivity index (χ0) is 17.6. The van der Waals surface area contributed by atoms with Gasteiger partial charge in [0.05, 0.1) is 6.42 Å². The number of aliphatic carboxylic acids is 1. The Kier molecular flexibility index (Phi) is 4.95. The van der Waals surface area contributed by atoms with E-state index in [0.29, 0.717) is 34.9 Å². The molecule has 5 nitrogen and oxygen atoms in total. The second-order valence-electron chi connectivity index (χ2n) is 5.40. The van der Waals surface area contributed by atoms with E-state index in [1.165, 1.54) is 0 Å². The molecule has 0 radical (unpaired) electrons. The highest BCUT2D eigenvalue weighted by Crippen LogP contribution is 2.26. The lowest BCUT2D eigenvalue weighted by Crippen LogP contribution is -1.97. The molecule has 2 aromatic carbocycles. The lowest BCUT2D eigenvalue weighted by molar-refractivity contribution is -0.135. The number of nitrogens with zero attached hydrogens (tertiary/aromatic N) is 1. The number of carbonyl (C=O) groups is 1. The van der Waals surface area contributed by atoms with Gasteiger partial charge in [-0.05, 0) is 35.9 Å². The van der Waals surface area contributed by atoms with Gasteiger partial charge in [0.2, 0.25) is 5.89 Å². The summed E-state index contributed by atoms with van der Waals surface area (Å²) in [6.45, 7) is 4.02. The molecule has 0 spiro atoms. The van der Waals surface area contributed by atoms with E-state index in [9.17, 15) is 9.90 Å². The van der Waals surface area contributed by atoms with Crippen LogP contribution in [0.4, 0.5) is 0 Å². The molecule has 0 fully saturated rings.